The van der Waals surface area contributed by atoms with Crippen molar-refractivity contribution in [3.8, 4) is 0 Å². The van der Waals surface area contributed by atoms with Gasteiger partial charge in [0.15, 0.2) is 0 Å². The lowest BCUT2D eigenvalue weighted by Gasteiger charge is -2.01. The molecule has 0 aliphatic heterocycles. The Balaban J connectivity index is 3.03. The fourth-order valence-corrected chi connectivity index (χ4v) is 1.22. The molecule has 13 heavy (non-hydrogen) atoms. The zero-order valence-electron chi connectivity index (χ0n) is 7.22. The van der Waals surface area contributed by atoms with Crippen LogP contribution in [0.1, 0.15) is 5.56 Å². The second kappa shape index (κ2) is 4.49. The Hall–Kier alpha value is -0.730. The summed E-state index contributed by atoms with van der Waals surface area (Å²) in [6.07, 6.45) is 0. The lowest BCUT2D eigenvalue weighted by atomic mass is 10.2. The Morgan fingerprint density at radius 1 is 1.54 bits per heavy atom. The fourth-order valence-electron chi connectivity index (χ4n) is 0.929. The highest BCUT2D eigenvalue weighted by atomic mass is 35.5. The van der Waals surface area contributed by atoms with Gasteiger partial charge in [-0.2, -0.15) is 0 Å². The largest absolute Gasteiger partial charge is 0.386 e. The Bertz CT molecular complexity index is 334. The number of nitrogens with zero attached hydrogens (tertiary/aromatic N) is 1. The number of hydrogen-bond acceptors (Lipinski definition) is 1. The zero-order chi connectivity index (χ0) is 9.84. The van der Waals surface area contributed by atoms with Gasteiger partial charge in [-0.1, -0.05) is 11.6 Å². The molecule has 0 spiro atoms. The fraction of sp³-hybridized carbons (Fsp3) is 0.222. The number of hydrogen-bond donors (Lipinski definition) is 1. The Morgan fingerprint density at radius 3 is 2.77 bits per heavy atom. The summed E-state index contributed by atoms with van der Waals surface area (Å²) in [6, 6.07) is 5.42. The molecule has 0 heterocycles. The maximum Gasteiger partial charge on any atom is 0.115 e. The summed E-state index contributed by atoms with van der Waals surface area (Å²) < 4.78 is 0. The summed E-state index contributed by atoms with van der Waals surface area (Å²) in [5, 5.41) is 0.695. The molecule has 1 aromatic carbocycles. The number of benzene rings is 1. The molecule has 0 bridgehead atoms. The van der Waals surface area contributed by atoms with Crippen molar-refractivity contribution in [2.45, 2.75) is 6.92 Å². The van der Waals surface area contributed by atoms with Gasteiger partial charge in [0, 0.05) is 5.02 Å². The third-order valence-corrected chi connectivity index (χ3v) is 2.07. The first kappa shape index (κ1) is 10.4. The van der Waals surface area contributed by atoms with Crippen LogP contribution < -0.4 is 5.73 Å². The molecule has 0 amide bonds. The lowest BCUT2D eigenvalue weighted by Crippen LogP contribution is -2.12. The maximum absolute atomic E-state index is 5.78. The third kappa shape index (κ3) is 2.90. The predicted molar refractivity (Wildman–Crippen MR) is 58.2 cm³/mol. The van der Waals surface area contributed by atoms with Crippen LogP contribution in [-0.4, -0.2) is 11.7 Å². The first-order chi connectivity index (χ1) is 6.13. The van der Waals surface area contributed by atoms with Crippen molar-refractivity contribution in [1.29, 1.82) is 0 Å². The van der Waals surface area contributed by atoms with Gasteiger partial charge in [-0.25, -0.2) is 4.99 Å². The summed E-state index contributed by atoms with van der Waals surface area (Å²) in [6.45, 7) is 1.92. The second-order valence-electron chi connectivity index (χ2n) is 2.67. The van der Waals surface area contributed by atoms with Gasteiger partial charge in [-0.05, 0) is 30.7 Å². The molecule has 0 aliphatic rings. The number of nitrogens with two attached hydrogens (primary N) is 1. The van der Waals surface area contributed by atoms with Crippen LogP contribution in [0.4, 0.5) is 5.69 Å². The van der Waals surface area contributed by atoms with E-state index in [1.54, 1.807) is 6.07 Å². The monoisotopic (exact) mass is 216 g/mol. The minimum atomic E-state index is 0.238. The molecule has 1 rings (SSSR count). The van der Waals surface area contributed by atoms with E-state index in [2.05, 4.69) is 4.99 Å². The Labute approximate surface area is 87.4 Å². The van der Waals surface area contributed by atoms with Crippen molar-refractivity contribution in [3.63, 3.8) is 0 Å². The number of halogens is 2. The minimum Gasteiger partial charge on any atom is -0.386 e. The SMILES string of the molecule is Cc1cc(Cl)ccc1N=C(N)CCl. The van der Waals surface area contributed by atoms with E-state index in [1.165, 1.54) is 0 Å². The standard InChI is InChI=1S/C9H10Cl2N2/c1-6-4-7(11)2-3-8(6)13-9(12)5-10/h2-4H,5H2,1H3,(H2,12,13). The maximum atomic E-state index is 5.78. The summed E-state index contributed by atoms with van der Waals surface area (Å²) in [7, 11) is 0. The Morgan fingerprint density at radius 2 is 2.23 bits per heavy atom. The molecular formula is C9H10Cl2N2. The molecule has 0 saturated carbocycles. The van der Waals surface area contributed by atoms with Gasteiger partial charge in [0.2, 0.25) is 0 Å². The first-order valence-electron chi connectivity index (χ1n) is 3.78. The van der Waals surface area contributed by atoms with Crippen LogP contribution in [0.15, 0.2) is 23.2 Å². The van der Waals surface area contributed by atoms with Gasteiger partial charge in [0.1, 0.15) is 5.84 Å². The normalized spacial score (nSPS) is 11.8. The third-order valence-electron chi connectivity index (χ3n) is 1.56. The molecule has 0 unspecified atom stereocenters. The van der Waals surface area contributed by atoms with E-state index in [1.807, 2.05) is 19.1 Å². The van der Waals surface area contributed by atoms with E-state index in [9.17, 15) is 0 Å². The van der Waals surface area contributed by atoms with E-state index in [0.717, 1.165) is 11.3 Å². The van der Waals surface area contributed by atoms with Crippen molar-refractivity contribution < 1.29 is 0 Å². The highest BCUT2D eigenvalue weighted by molar-refractivity contribution is 6.30. The highest BCUT2D eigenvalue weighted by Crippen LogP contribution is 2.22. The van der Waals surface area contributed by atoms with Gasteiger partial charge in [-0.3, -0.25) is 0 Å². The van der Waals surface area contributed by atoms with Crippen LogP contribution in [-0.2, 0) is 0 Å². The summed E-state index contributed by atoms with van der Waals surface area (Å²) >= 11 is 11.3. The number of aryl methyl sites for hydroxylation is 1. The van der Waals surface area contributed by atoms with Crippen LogP contribution in [0, 0.1) is 6.92 Å². The van der Waals surface area contributed by atoms with Crippen molar-refractivity contribution >= 4 is 34.7 Å². The molecule has 0 fully saturated rings. The number of rotatable bonds is 2. The van der Waals surface area contributed by atoms with E-state index < -0.39 is 0 Å². The summed E-state index contributed by atoms with van der Waals surface area (Å²) in [4.78, 5) is 4.12. The number of amidine groups is 1. The molecule has 0 saturated heterocycles. The van der Waals surface area contributed by atoms with Crippen molar-refractivity contribution in [1.82, 2.24) is 0 Å². The van der Waals surface area contributed by atoms with Crippen LogP contribution in [0.25, 0.3) is 0 Å². The van der Waals surface area contributed by atoms with Crippen LogP contribution in [0.5, 0.6) is 0 Å². The molecule has 0 atom stereocenters. The molecular weight excluding hydrogens is 207 g/mol. The van der Waals surface area contributed by atoms with Gasteiger partial charge in [-0.15, -0.1) is 11.6 Å². The molecule has 2 nitrogen and oxygen atoms in total. The quantitative estimate of drug-likeness (QED) is 0.461. The molecule has 0 aliphatic carbocycles. The predicted octanol–water partition coefficient (Wildman–Crippen LogP) is 2.88. The number of aliphatic imine (C=N–C) groups is 1. The Kier molecular flexibility index (Phi) is 3.58. The second-order valence-corrected chi connectivity index (χ2v) is 3.37. The average Bonchev–Trinajstić information content (AvgIpc) is 2.09. The van der Waals surface area contributed by atoms with Gasteiger partial charge in [0.05, 0.1) is 11.6 Å². The van der Waals surface area contributed by atoms with Crippen molar-refractivity contribution in [2.24, 2.45) is 10.7 Å². The summed E-state index contributed by atoms with van der Waals surface area (Å²) in [5.74, 6) is 0.648. The van der Waals surface area contributed by atoms with E-state index in [-0.39, 0.29) is 5.88 Å². The highest BCUT2D eigenvalue weighted by Gasteiger charge is 1.97. The van der Waals surface area contributed by atoms with E-state index in [0.29, 0.717) is 10.9 Å². The average molecular weight is 217 g/mol. The van der Waals surface area contributed by atoms with Gasteiger partial charge < -0.3 is 5.73 Å². The van der Waals surface area contributed by atoms with Crippen molar-refractivity contribution in [2.75, 3.05) is 5.88 Å². The van der Waals surface area contributed by atoms with Gasteiger partial charge in [0.25, 0.3) is 0 Å². The number of alkyl halides is 1. The van der Waals surface area contributed by atoms with E-state index >= 15 is 0 Å². The lowest BCUT2D eigenvalue weighted by molar-refractivity contribution is 1.37. The molecule has 4 heteroatoms. The summed E-state index contributed by atoms with van der Waals surface area (Å²) in [5.41, 5.74) is 7.29. The van der Waals surface area contributed by atoms with Gasteiger partial charge >= 0.3 is 0 Å². The van der Waals surface area contributed by atoms with Crippen LogP contribution in [0.3, 0.4) is 0 Å². The minimum absolute atomic E-state index is 0.238. The van der Waals surface area contributed by atoms with Crippen LogP contribution in [0.2, 0.25) is 5.02 Å². The van der Waals surface area contributed by atoms with Crippen LogP contribution >= 0.6 is 23.2 Å². The molecule has 0 radical (unpaired) electrons. The molecule has 70 valence electrons. The molecule has 2 N–H and O–H groups in total. The van der Waals surface area contributed by atoms with Crippen molar-refractivity contribution in [3.05, 3.63) is 28.8 Å². The smallest absolute Gasteiger partial charge is 0.115 e. The molecule has 0 aromatic heterocycles. The zero-order valence-corrected chi connectivity index (χ0v) is 8.73. The first-order valence-corrected chi connectivity index (χ1v) is 4.70. The topological polar surface area (TPSA) is 38.4 Å². The van der Waals surface area contributed by atoms with E-state index in [4.69, 9.17) is 28.9 Å². The molecule has 1 aromatic rings.